The Balaban J connectivity index is 1.82. The molecular weight excluding hydrogens is 255 g/mol. The third-order valence-corrected chi connectivity index (χ3v) is 3.77. The predicted molar refractivity (Wildman–Crippen MR) is 74.9 cm³/mol. The van der Waals surface area contributed by atoms with Crippen LogP contribution in [-0.2, 0) is 17.6 Å². The van der Waals surface area contributed by atoms with Crippen LogP contribution in [0.4, 0.5) is 4.39 Å². The lowest BCUT2D eigenvalue weighted by atomic mass is 9.92. The molecule has 0 radical (unpaired) electrons. The van der Waals surface area contributed by atoms with Crippen molar-refractivity contribution in [2.24, 2.45) is 0 Å². The van der Waals surface area contributed by atoms with Gasteiger partial charge in [-0.05, 0) is 29.2 Å². The molecule has 2 nitrogen and oxygen atoms in total. The van der Waals surface area contributed by atoms with Gasteiger partial charge in [0.1, 0.15) is 11.9 Å². The minimum atomic E-state index is -0.742. The van der Waals surface area contributed by atoms with Gasteiger partial charge in [0.05, 0.1) is 12.7 Å². The monoisotopic (exact) mass is 272 g/mol. The van der Waals surface area contributed by atoms with E-state index in [0.717, 1.165) is 12.0 Å². The Hall–Kier alpha value is -1.71. The molecule has 0 aliphatic carbocycles. The molecule has 0 bridgehead atoms. The predicted octanol–water partition coefficient (Wildman–Crippen LogP) is 3.04. The van der Waals surface area contributed by atoms with Crippen LogP contribution in [0.2, 0.25) is 0 Å². The Labute approximate surface area is 117 Å². The highest BCUT2D eigenvalue weighted by Crippen LogP contribution is 2.31. The second kappa shape index (κ2) is 5.73. The molecule has 2 aromatic carbocycles. The van der Waals surface area contributed by atoms with Crippen LogP contribution < -0.4 is 0 Å². The summed E-state index contributed by atoms with van der Waals surface area (Å²) in [5, 5.41) is 10.4. The first-order chi connectivity index (χ1) is 9.75. The van der Waals surface area contributed by atoms with E-state index < -0.39 is 6.10 Å². The maximum atomic E-state index is 13.7. The lowest BCUT2D eigenvalue weighted by Crippen LogP contribution is -2.28. The zero-order valence-corrected chi connectivity index (χ0v) is 11.1. The third kappa shape index (κ3) is 2.60. The Kier molecular flexibility index (Phi) is 3.81. The Morgan fingerprint density at radius 3 is 2.75 bits per heavy atom. The second-order valence-electron chi connectivity index (χ2n) is 5.10. The van der Waals surface area contributed by atoms with Gasteiger partial charge in [-0.15, -0.1) is 0 Å². The molecule has 0 saturated heterocycles. The smallest absolute Gasteiger partial charge is 0.126 e. The first-order valence-corrected chi connectivity index (χ1v) is 6.86. The van der Waals surface area contributed by atoms with E-state index in [1.807, 2.05) is 18.2 Å². The van der Waals surface area contributed by atoms with Gasteiger partial charge in [0.2, 0.25) is 0 Å². The average Bonchev–Trinajstić information content (AvgIpc) is 2.49. The van der Waals surface area contributed by atoms with Crippen molar-refractivity contribution in [3.05, 3.63) is 71.0 Å². The molecule has 20 heavy (non-hydrogen) atoms. The summed E-state index contributed by atoms with van der Waals surface area (Å²) in [5.41, 5.74) is 2.74. The van der Waals surface area contributed by atoms with Gasteiger partial charge in [0.15, 0.2) is 0 Å². The molecule has 1 heterocycles. The normalized spacial score (nSPS) is 19.4. The van der Waals surface area contributed by atoms with E-state index in [0.29, 0.717) is 12.2 Å². The lowest BCUT2D eigenvalue weighted by molar-refractivity contribution is -0.0463. The molecule has 0 spiro atoms. The van der Waals surface area contributed by atoms with Gasteiger partial charge in [0, 0.05) is 6.42 Å². The summed E-state index contributed by atoms with van der Waals surface area (Å²) in [5.74, 6) is -0.282. The average molecular weight is 272 g/mol. The summed E-state index contributed by atoms with van der Waals surface area (Å²) >= 11 is 0. The maximum Gasteiger partial charge on any atom is 0.126 e. The molecule has 3 rings (SSSR count). The molecule has 3 heteroatoms. The molecule has 0 saturated carbocycles. The highest BCUT2D eigenvalue weighted by molar-refractivity contribution is 5.32. The summed E-state index contributed by atoms with van der Waals surface area (Å²) in [6.07, 6.45) is -0.00184. The molecule has 1 aliphatic heterocycles. The van der Waals surface area contributed by atoms with Gasteiger partial charge in [-0.1, -0.05) is 42.5 Å². The van der Waals surface area contributed by atoms with Crippen molar-refractivity contribution in [1.29, 1.82) is 0 Å². The van der Waals surface area contributed by atoms with Crippen LogP contribution in [0.1, 0.15) is 22.8 Å². The first kappa shape index (κ1) is 13.3. The number of ether oxygens (including phenoxy) is 1. The van der Waals surface area contributed by atoms with Crippen LogP contribution in [0.25, 0.3) is 0 Å². The van der Waals surface area contributed by atoms with Gasteiger partial charge >= 0.3 is 0 Å². The van der Waals surface area contributed by atoms with E-state index in [-0.39, 0.29) is 18.3 Å². The van der Waals surface area contributed by atoms with E-state index in [9.17, 15) is 9.50 Å². The number of hydrogen-bond donors (Lipinski definition) is 1. The highest BCUT2D eigenvalue weighted by atomic mass is 19.1. The van der Waals surface area contributed by atoms with Gasteiger partial charge in [0.25, 0.3) is 0 Å². The van der Waals surface area contributed by atoms with Crippen molar-refractivity contribution in [3.63, 3.8) is 0 Å². The molecular formula is C17H17FO2. The summed E-state index contributed by atoms with van der Waals surface area (Å²) in [7, 11) is 0. The van der Waals surface area contributed by atoms with Crippen molar-refractivity contribution < 1.29 is 14.2 Å². The second-order valence-corrected chi connectivity index (χ2v) is 5.10. The number of fused-ring (bicyclic) bond motifs is 1. The summed E-state index contributed by atoms with van der Waals surface area (Å²) in [4.78, 5) is 0. The number of aliphatic hydroxyl groups is 1. The van der Waals surface area contributed by atoms with Crippen LogP contribution in [-0.4, -0.2) is 17.8 Å². The minimum Gasteiger partial charge on any atom is -0.390 e. The molecule has 0 aromatic heterocycles. The van der Waals surface area contributed by atoms with E-state index in [1.54, 1.807) is 18.2 Å². The summed E-state index contributed by atoms with van der Waals surface area (Å²) in [6.45, 7) is 0.593. The standard InChI is InChI=1S/C17H17FO2/c18-15-8-4-2-6-13(15)11-16(19)17-14-7-3-1-5-12(14)9-10-20-17/h1-8,16-17,19H,9-11H2. The molecule has 104 valence electrons. The highest BCUT2D eigenvalue weighted by Gasteiger charge is 2.27. The maximum absolute atomic E-state index is 13.7. The van der Waals surface area contributed by atoms with Crippen LogP contribution in [0, 0.1) is 5.82 Å². The van der Waals surface area contributed by atoms with Crippen LogP contribution in [0.15, 0.2) is 48.5 Å². The van der Waals surface area contributed by atoms with Crippen molar-refractivity contribution in [2.75, 3.05) is 6.61 Å². The zero-order chi connectivity index (χ0) is 13.9. The Morgan fingerprint density at radius 1 is 1.15 bits per heavy atom. The van der Waals surface area contributed by atoms with Gasteiger partial charge in [-0.2, -0.15) is 0 Å². The Bertz CT molecular complexity index is 597. The number of hydrogen-bond acceptors (Lipinski definition) is 2. The molecule has 1 aliphatic rings. The van der Waals surface area contributed by atoms with Crippen molar-refractivity contribution >= 4 is 0 Å². The van der Waals surface area contributed by atoms with E-state index in [4.69, 9.17) is 4.74 Å². The molecule has 2 atom stereocenters. The molecule has 0 fully saturated rings. The molecule has 2 unspecified atom stereocenters. The molecule has 0 amide bonds. The van der Waals surface area contributed by atoms with E-state index >= 15 is 0 Å². The quantitative estimate of drug-likeness (QED) is 0.930. The fraction of sp³-hybridized carbons (Fsp3) is 0.294. The number of benzene rings is 2. The molecule has 2 aromatic rings. The van der Waals surface area contributed by atoms with Gasteiger partial charge in [-0.25, -0.2) is 4.39 Å². The lowest BCUT2D eigenvalue weighted by Gasteiger charge is -2.29. The van der Waals surface area contributed by atoms with Crippen molar-refractivity contribution in [1.82, 2.24) is 0 Å². The van der Waals surface area contributed by atoms with Gasteiger partial charge in [-0.3, -0.25) is 0 Å². The van der Waals surface area contributed by atoms with Crippen molar-refractivity contribution in [2.45, 2.75) is 25.0 Å². The zero-order valence-electron chi connectivity index (χ0n) is 11.1. The Morgan fingerprint density at radius 2 is 1.90 bits per heavy atom. The number of aliphatic hydroxyl groups excluding tert-OH is 1. The van der Waals surface area contributed by atoms with Crippen LogP contribution in [0.3, 0.4) is 0 Å². The van der Waals surface area contributed by atoms with Crippen LogP contribution in [0.5, 0.6) is 0 Å². The summed E-state index contributed by atoms with van der Waals surface area (Å²) in [6, 6.07) is 14.5. The largest absolute Gasteiger partial charge is 0.390 e. The number of halogens is 1. The van der Waals surface area contributed by atoms with E-state index in [1.165, 1.54) is 11.6 Å². The van der Waals surface area contributed by atoms with Gasteiger partial charge < -0.3 is 9.84 Å². The third-order valence-electron chi connectivity index (χ3n) is 3.77. The fourth-order valence-electron chi connectivity index (χ4n) is 2.74. The molecule has 1 N–H and O–H groups in total. The number of rotatable bonds is 3. The SMILES string of the molecule is OC(Cc1ccccc1F)C1OCCc2ccccc21. The fourth-order valence-corrected chi connectivity index (χ4v) is 2.74. The summed E-state index contributed by atoms with van der Waals surface area (Å²) < 4.78 is 19.4. The van der Waals surface area contributed by atoms with Crippen LogP contribution >= 0.6 is 0 Å². The minimum absolute atomic E-state index is 0.256. The van der Waals surface area contributed by atoms with Crippen molar-refractivity contribution in [3.8, 4) is 0 Å². The van der Waals surface area contributed by atoms with E-state index in [2.05, 4.69) is 6.07 Å². The first-order valence-electron chi connectivity index (χ1n) is 6.86. The topological polar surface area (TPSA) is 29.5 Å².